The van der Waals surface area contributed by atoms with Gasteiger partial charge in [-0.3, -0.25) is 0 Å². The van der Waals surface area contributed by atoms with Crippen LogP contribution in [0.25, 0.3) is 0 Å². The van der Waals surface area contributed by atoms with Crippen LogP contribution in [0.2, 0.25) is 0 Å². The third-order valence-corrected chi connectivity index (χ3v) is 3.44. The molecule has 0 radical (unpaired) electrons. The summed E-state index contributed by atoms with van der Waals surface area (Å²) < 4.78 is 12.2. The van der Waals surface area contributed by atoms with E-state index in [0.29, 0.717) is 13.2 Å². The summed E-state index contributed by atoms with van der Waals surface area (Å²) in [4.78, 5) is 0. The number of rotatable bonds is 4. The second kappa shape index (κ2) is 5.66. The van der Waals surface area contributed by atoms with Crippen molar-refractivity contribution in [3.63, 3.8) is 0 Å². The van der Waals surface area contributed by atoms with Crippen molar-refractivity contribution in [3.05, 3.63) is 28.2 Å². The quantitative estimate of drug-likeness (QED) is 0.924. The van der Waals surface area contributed by atoms with Gasteiger partial charge in [-0.15, -0.1) is 0 Å². The van der Waals surface area contributed by atoms with E-state index in [1.807, 2.05) is 18.2 Å². The molecule has 0 amide bonds. The lowest BCUT2D eigenvalue weighted by molar-refractivity contribution is 0.0679. The van der Waals surface area contributed by atoms with Crippen LogP contribution in [0, 0.1) is 0 Å². The minimum absolute atomic E-state index is 0.257. The van der Waals surface area contributed by atoms with Gasteiger partial charge in [-0.25, -0.2) is 0 Å². The molecule has 3 nitrogen and oxygen atoms in total. The molecule has 0 bridgehead atoms. The largest absolute Gasteiger partial charge is 0.491 e. The molecule has 2 N–H and O–H groups in total. The summed E-state index contributed by atoms with van der Waals surface area (Å²) in [7, 11) is 0. The summed E-state index contributed by atoms with van der Waals surface area (Å²) in [6.07, 6.45) is 2.50. The summed E-state index contributed by atoms with van der Waals surface area (Å²) in [6, 6.07) is 5.88. The first-order chi connectivity index (χ1) is 7.79. The number of halogens is 1. The normalized spacial score (nSPS) is 20.0. The Morgan fingerprint density at radius 2 is 2.38 bits per heavy atom. The van der Waals surface area contributed by atoms with Gasteiger partial charge in [0.05, 0.1) is 6.10 Å². The molecule has 1 aromatic carbocycles. The zero-order valence-electron chi connectivity index (χ0n) is 9.12. The van der Waals surface area contributed by atoms with Crippen LogP contribution in [0.15, 0.2) is 22.7 Å². The van der Waals surface area contributed by atoms with Crippen LogP contribution in [-0.2, 0) is 11.3 Å². The number of hydrogen-bond donors (Lipinski definition) is 1. The van der Waals surface area contributed by atoms with Crippen LogP contribution in [0.4, 0.5) is 0 Å². The molecule has 1 aliphatic heterocycles. The second-order valence-electron chi connectivity index (χ2n) is 3.90. The van der Waals surface area contributed by atoms with E-state index >= 15 is 0 Å². The predicted molar refractivity (Wildman–Crippen MR) is 66.5 cm³/mol. The topological polar surface area (TPSA) is 44.5 Å². The van der Waals surface area contributed by atoms with Gasteiger partial charge in [0.2, 0.25) is 0 Å². The molecule has 1 fully saturated rings. The SMILES string of the molecule is NCc1ccc(OCC2CCCO2)cc1Br. The Hall–Kier alpha value is -0.580. The molecule has 88 valence electrons. The van der Waals surface area contributed by atoms with Crippen molar-refractivity contribution in [3.8, 4) is 5.75 Å². The lowest BCUT2D eigenvalue weighted by atomic mass is 10.2. The molecule has 1 aliphatic rings. The smallest absolute Gasteiger partial charge is 0.120 e. The van der Waals surface area contributed by atoms with Crippen LogP contribution < -0.4 is 10.5 Å². The maximum absolute atomic E-state index is 5.67. The lowest BCUT2D eigenvalue weighted by Crippen LogP contribution is -2.16. The Kier molecular flexibility index (Phi) is 4.21. The van der Waals surface area contributed by atoms with Crippen LogP contribution in [-0.4, -0.2) is 19.3 Å². The molecule has 0 spiro atoms. The minimum atomic E-state index is 0.257. The van der Waals surface area contributed by atoms with Gasteiger partial charge in [-0.05, 0) is 30.5 Å². The van der Waals surface area contributed by atoms with Crippen molar-refractivity contribution in [2.24, 2.45) is 5.73 Å². The summed E-state index contributed by atoms with van der Waals surface area (Å²) >= 11 is 3.47. The highest BCUT2D eigenvalue weighted by Gasteiger charge is 2.16. The fourth-order valence-corrected chi connectivity index (χ4v) is 2.27. The fourth-order valence-electron chi connectivity index (χ4n) is 1.75. The summed E-state index contributed by atoms with van der Waals surface area (Å²) in [5.74, 6) is 0.861. The van der Waals surface area contributed by atoms with Gasteiger partial charge >= 0.3 is 0 Å². The third kappa shape index (κ3) is 2.97. The average molecular weight is 286 g/mol. The maximum atomic E-state index is 5.67. The molecule has 1 unspecified atom stereocenters. The Morgan fingerprint density at radius 1 is 1.50 bits per heavy atom. The highest BCUT2D eigenvalue weighted by atomic mass is 79.9. The fraction of sp³-hybridized carbons (Fsp3) is 0.500. The van der Waals surface area contributed by atoms with Gasteiger partial charge in [0.1, 0.15) is 12.4 Å². The van der Waals surface area contributed by atoms with E-state index in [-0.39, 0.29) is 6.10 Å². The van der Waals surface area contributed by atoms with Crippen molar-refractivity contribution in [1.29, 1.82) is 0 Å². The van der Waals surface area contributed by atoms with Gasteiger partial charge in [-0.1, -0.05) is 22.0 Å². The Morgan fingerprint density at radius 3 is 3.00 bits per heavy atom. The van der Waals surface area contributed by atoms with Gasteiger partial charge in [0.25, 0.3) is 0 Å². The molecule has 4 heteroatoms. The second-order valence-corrected chi connectivity index (χ2v) is 4.76. The Bertz CT molecular complexity index is 351. The van der Waals surface area contributed by atoms with E-state index in [1.165, 1.54) is 0 Å². The van der Waals surface area contributed by atoms with Gasteiger partial charge < -0.3 is 15.2 Å². The van der Waals surface area contributed by atoms with E-state index in [2.05, 4.69) is 15.9 Å². The molecule has 0 aromatic heterocycles. The predicted octanol–water partition coefficient (Wildman–Crippen LogP) is 2.47. The minimum Gasteiger partial charge on any atom is -0.491 e. The molecule has 0 saturated carbocycles. The molecule has 16 heavy (non-hydrogen) atoms. The van der Waals surface area contributed by atoms with Crippen LogP contribution in [0.5, 0.6) is 5.75 Å². The van der Waals surface area contributed by atoms with E-state index in [1.54, 1.807) is 0 Å². The molecular formula is C12H16BrNO2. The summed E-state index contributed by atoms with van der Waals surface area (Å²) in [5, 5.41) is 0. The lowest BCUT2D eigenvalue weighted by Gasteiger charge is -2.12. The first kappa shape index (κ1) is 11.9. The zero-order chi connectivity index (χ0) is 11.4. The number of benzene rings is 1. The zero-order valence-corrected chi connectivity index (χ0v) is 10.7. The maximum Gasteiger partial charge on any atom is 0.120 e. The molecule has 1 atom stereocenters. The number of ether oxygens (including phenoxy) is 2. The number of nitrogens with two attached hydrogens (primary N) is 1. The Balaban J connectivity index is 1.91. The molecular weight excluding hydrogens is 270 g/mol. The summed E-state index contributed by atoms with van der Waals surface area (Å²) in [6.45, 7) is 2.03. The van der Waals surface area contributed by atoms with Crippen molar-refractivity contribution in [2.75, 3.05) is 13.2 Å². The molecule has 1 heterocycles. The molecule has 0 aliphatic carbocycles. The van der Waals surface area contributed by atoms with Gasteiger partial charge in [0, 0.05) is 17.6 Å². The van der Waals surface area contributed by atoms with Gasteiger partial charge in [0.15, 0.2) is 0 Å². The monoisotopic (exact) mass is 285 g/mol. The van der Waals surface area contributed by atoms with E-state index in [9.17, 15) is 0 Å². The van der Waals surface area contributed by atoms with E-state index in [0.717, 1.165) is 35.2 Å². The van der Waals surface area contributed by atoms with Crippen LogP contribution in [0.3, 0.4) is 0 Å². The van der Waals surface area contributed by atoms with E-state index in [4.69, 9.17) is 15.2 Å². The molecule has 1 saturated heterocycles. The first-order valence-electron chi connectivity index (χ1n) is 5.52. The summed E-state index contributed by atoms with van der Waals surface area (Å²) in [5.41, 5.74) is 6.67. The standard InChI is InChI=1S/C12H16BrNO2/c13-12-6-10(4-3-9(12)7-14)16-8-11-2-1-5-15-11/h3-4,6,11H,1-2,5,7-8,14H2. The van der Waals surface area contributed by atoms with Crippen LogP contribution in [0.1, 0.15) is 18.4 Å². The Labute approximate surface area is 104 Å². The average Bonchev–Trinajstić information content (AvgIpc) is 2.79. The van der Waals surface area contributed by atoms with Gasteiger partial charge in [-0.2, -0.15) is 0 Å². The molecule has 2 rings (SSSR count). The van der Waals surface area contributed by atoms with Crippen molar-refractivity contribution in [1.82, 2.24) is 0 Å². The van der Waals surface area contributed by atoms with Crippen molar-refractivity contribution >= 4 is 15.9 Å². The van der Waals surface area contributed by atoms with Crippen molar-refractivity contribution in [2.45, 2.75) is 25.5 Å². The van der Waals surface area contributed by atoms with E-state index < -0.39 is 0 Å². The highest BCUT2D eigenvalue weighted by Crippen LogP contribution is 2.23. The molecule has 1 aromatic rings. The third-order valence-electron chi connectivity index (χ3n) is 2.70. The highest BCUT2D eigenvalue weighted by molar-refractivity contribution is 9.10. The van der Waals surface area contributed by atoms with Crippen LogP contribution >= 0.6 is 15.9 Å². The van der Waals surface area contributed by atoms with Crippen molar-refractivity contribution < 1.29 is 9.47 Å². The first-order valence-corrected chi connectivity index (χ1v) is 6.32. The number of hydrogen-bond acceptors (Lipinski definition) is 3.